The first-order valence-corrected chi connectivity index (χ1v) is 7.76. The van der Waals surface area contributed by atoms with Gasteiger partial charge in [-0.15, -0.1) is 0 Å². The third kappa shape index (κ3) is 2.16. The van der Waals surface area contributed by atoms with Crippen LogP contribution in [0.2, 0.25) is 0 Å². The zero-order valence-electron chi connectivity index (χ0n) is 11.5. The van der Waals surface area contributed by atoms with E-state index in [9.17, 15) is 0 Å². The zero-order chi connectivity index (χ0) is 14.2. The average molecular weight is 336 g/mol. The highest BCUT2D eigenvalue weighted by molar-refractivity contribution is 9.08. The Hall–Kier alpha value is -2.06. The molecule has 102 valence electrons. The van der Waals surface area contributed by atoms with E-state index in [1.165, 1.54) is 32.9 Å². The fourth-order valence-electron chi connectivity index (χ4n) is 2.91. The molecule has 0 N–H and O–H groups in total. The Labute approximate surface area is 132 Å². The van der Waals surface area contributed by atoms with Crippen LogP contribution in [0.5, 0.6) is 0 Å². The van der Waals surface area contributed by atoms with Crippen molar-refractivity contribution < 1.29 is 0 Å². The Morgan fingerprint density at radius 2 is 1.38 bits per heavy atom. The van der Waals surface area contributed by atoms with Crippen LogP contribution >= 0.6 is 16.1 Å². The predicted molar refractivity (Wildman–Crippen MR) is 93.0 cm³/mol. The first-order chi connectivity index (χ1) is 10.3. The van der Waals surface area contributed by atoms with Crippen LogP contribution in [0.4, 0.5) is 0 Å². The molecule has 0 aliphatic heterocycles. The monoisotopic (exact) mass is 335 g/mol. The molecular formula is C19H14BrN. The number of nitrogens with zero attached hydrogens (tertiary/aromatic N) is 1. The Morgan fingerprint density at radius 1 is 0.667 bits per heavy atom. The van der Waals surface area contributed by atoms with Crippen molar-refractivity contribution in [1.82, 2.24) is 3.59 Å². The van der Waals surface area contributed by atoms with Gasteiger partial charge in [0.05, 0.1) is 27.2 Å². The standard InChI is InChI=1S/C19H14BrN/c20-21-18-9-5-4-8-16(18)17-11-10-15(13-19(17)21)12-14-6-2-1-3-7-14/h1-11,13H,12H2. The maximum absolute atomic E-state index is 3.69. The molecule has 0 unspecified atom stereocenters. The molecule has 0 bridgehead atoms. The number of aromatic nitrogens is 1. The molecule has 0 spiro atoms. The summed E-state index contributed by atoms with van der Waals surface area (Å²) in [5.74, 6) is 0. The van der Waals surface area contributed by atoms with E-state index >= 15 is 0 Å². The minimum atomic E-state index is 0.964. The van der Waals surface area contributed by atoms with Crippen LogP contribution in [-0.4, -0.2) is 3.59 Å². The summed E-state index contributed by atoms with van der Waals surface area (Å²) in [6.45, 7) is 0. The van der Waals surface area contributed by atoms with Gasteiger partial charge in [-0.3, -0.25) is 3.59 Å². The molecule has 0 atom stereocenters. The Kier molecular flexibility index (Phi) is 3.04. The molecule has 0 fully saturated rings. The van der Waals surface area contributed by atoms with Crippen LogP contribution in [0.3, 0.4) is 0 Å². The van der Waals surface area contributed by atoms with Crippen molar-refractivity contribution in [2.75, 3.05) is 0 Å². The molecule has 0 saturated carbocycles. The molecule has 0 aliphatic rings. The van der Waals surface area contributed by atoms with Gasteiger partial charge in [0.1, 0.15) is 0 Å². The second kappa shape index (κ2) is 5.05. The molecule has 1 heterocycles. The van der Waals surface area contributed by atoms with Gasteiger partial charge in [0, 0.05) is 10.8 Å². The summed E-state index contributed by atoms with van der Waals surface area (Å²) < 4.78 is 2.10. The molecule has 0 amide bonds. The van der Waals surface area contributed by atoms with E-state index in [0.717, 1.165) is 6.42 Å². The number of benzene rings is 3. The highest BCUT2D eigenvalue weighted by Crippen LogP contribution is 2.31. The summed E-state index contributed by atoms with van der Waals surface area (Å²) in [7, 11) is 0. The van der Waals surface area contributed by atoms with E-state index in [2.05, 4.69) is 92.5 Å². The summed E-state index contributed by atoms with van der Waals surface area (Å²) >= 11 is 3.69. The summed E-state index contributed by atoms with van der Waals surface area (Å²) in [6, 6.07) is 25.8. The molecule has 0 aliphatic carbocycles. The molecule has 3 aromatic carbocycles. The van der Waals surface area contributed by atoms with E-state index in [0.29, 0.717) is 0 Å². The molecule has 0 saturated heterocycles. The first kappa shape index (κ1) is 12.7. The lowest BCUT2D eigenvalue weighted by Crippen LogP contribution is -1.88. The lowest BCUT2D eigenvalue weighted by molar-refractivity contribution is 1.20. The Balaban J connectivity index is 1.86. The predicted octanol–water partition coefficient (Wildman–Crippen LogP) is 5.54. The third-order valence-corrected chi connectivity index (χ3v) is 4.69. The topological polar surface area (TPSA) is 4.93 Å². The highest BCUT2D eigenvalue weighted by Gasteiger charge is 2.09. The van der Waals surface area contributed by atoms with Gasteiger partial charge in [-0.1, -0.05) is 60.7 Å². The second-order valence-electron chi connectivity index (χ2n) is 5.31. The van der Waals surface area contributed by atoms with Crippen molar-refractivity contribution in [1.29, 1.82) is 0 Å². The number of halogens is 1. The van der Waals surface area contributed by atoms with E-state index < -0.39 is 0 Å². The van der Waals surface area contributed by atoms with Crippen LogP contribution in [0.15, 0.2) is 72.8 Å². The van der Waals surface area contributed by atoms with Gasteiger partial charge >= 0.3 is 0 Å². The largest absolute Gasteiger partial charge is 0.276 e. The highest BCUT2D eigenvalue weighted by atomic mass is 79.9. The van der Waals surface area contributed by atoms with Crippen LogP contribution < -0.4 is 0 Å². The van der Waals surface area contributed by atoms with Crippen LogP contribution in [-0.2, 0) is 6.42 Å². The quantitative estimate of drug-likeness (QED) is 0.453. The number of hydrogen-bond donors (Lipinski definition) is 0. The Bertz CT molecular complexity index is 922. The van der Waals surface area contributed by atoms with Crippen LogP contribution in [0.25, 0.3) is 21.8 Å². The van der Waals surface area contributed by atoms with Gasteiger partial charge in [0.15, 0.2) is 0 Å². The van der Waals surface area contributed by atoms with Gasteiger partial charge in [0.25, 0.3) is 0 Å². The molecule has 4 aromatic rings. The third-order valence-electron chi connectivity index (χ3n) is 3.93. The Morgan fingerprint density at radius 3 is 2.24 bits per heavy atom. The maximum Gasteiger partial charge on any atom is 0.0607 e. The molecule has 21 heavy (non-hydrogen) atoms. The number of rotatable bonds is 2. The SMILES string of the molecule is Brn1c2ccccc2c2ccc(Cc3ccccc3)cc21. The van der Waals surface area contributed by atoms with Gasteiger partial charge in [-0.25, -0.2) is 0 Å². The summed E-state index contributed by atoms with van der Waals surface area (Å²) in [4.78, 5) is 0. The van der Waals surface area contributed by atoms with Crippen molar-refractivity contribution in [3.8, 4) is 0 Å². The number of hydrogen-bond acceptors (Lipinski definition) is 0. The zero-order valence-corrected chi connectivity index (χ0v) is 13.0. The normalized spacial score (nSPS) is 11.3. The van der Waals surface area contributed by atoms with Crippen LogP contribution in [0.1, 0.15) is 11.1 Å². The second-order valence-corrected chi connectivity index (χ2v) is 6.02. The van der Waals surface area contributed by atoms with Gasteiger partial charge in [-0.05, 0) is 29.7 Å². The first-order valence-electron chi connectivity index (χ1n) is 7.05. The number of para-hydroxylation sites is 1. The summed E-state index contributed by atoms with van der Waals surface area (Å²) in [5.41, 5.74) is 5.11. The van der Waals surface area contributed by atoms with E-state index in [-0.39, 0.29) is 0 Å². The van der Waals surface area contributed by atoms with Crippen molar-refractivity contribution >= 4 is 38.0 Å². The summed E-state index contributed by atoms with van der Waals surface area (Å²) in [6.07, 6.45) is 0.964. The minimum Gasteiger partial charge on any atom is -0.276 e. The van der Waals surface area contributed by atoms with Crippen molar-refractivity contribution in [3.05, 3.63) is 83.9 Å². The molecule has 0 radical (unpaired) electrons. The fourth-order valence-corrected chi connectivity index (χ4v) is 3.51. The average Bonchev–Trinajstić information content (AvgIpc) is 2.82. The fraction of sp³-hybridized carbons (Fsp3) is 0.0526. The molecule has 4 rings (SSSR count). The van der Waals surface area contributed by atoms with Crippen LogP contribution in [0, 0.1) is 0 Å². The van der Waals surface area contributed by atoms with Crippen molar-refractivity contribution in [2.45, 2.75) is 6.42 Å². The van der Waals surface area contributed by atoms with E-state index in [1.807, 2.05) is 0 Å². The summed E-state index contributed by atoms with van der Waals surface area (Å²) in [5, 5.41) is 2.58. The molecule has 1 aromatic heterocycles. The lowest BCUT2D eigenvalue weighted by atomic mass is 10.0. The number of fused-ring (bicyclic) bond motifs is 3. The van der Waals surface area contributed by atoms with Crippen molar-refractivity contribution in [3.63, 3.8) is 0 Å². The van der Waals surface area contributed by atoms with Gasteiger partial charge < -0.3 is 0 Å². The molecular weight excluding hydrogens is 322 g/mol. The molecule has 1 nitrogen and oxygen atoms in total. The van der Waals surface area contributed by atoms with Gasteiger partial charge in [0.2, 0.25) is 0 Å². The van der Waals surface area contributed by atoms with Gasteiger partial charge in [-0.2, -0.15) is 0 Å². The van der Waals surface area contributed by atoms with E-state index in [1.54, 1.807) is 0 Å². The van der Waals surface area contributed by atoms with Crippen molar-refractivity contribution in [2.24, 2.45) is 0 Å². The van der Waals surface area contributed by atoms with E-state index in [4.69, 9.17) is 0 Å². The lowest BCUT2D eigenvalue weighted by Gasteiger charge is -2.03. The maximum atomic E-state index is 3.69. The minimum absolute atomic E-state index is 0.964. The smallest absolute Gasteiger partial charge is 0.0607 e. The molecule has 2 heteroatoms.